The van der Waals surface area contributed by atoms with Gasteiger partial charge in [0, 0.05) is 17.9 Å². The van der Waals surface area contributed by atoms with E-state index in [0.717, 1.165) is 49.5 Å². The summed E-state index contributed by atoms with van der Waals surface area (Å²) in [6.45, 7) is 5.14. The Balaban J connectivity index is 1.68. The molecule has 1 heterocycles. The second-order valence-corrected chi connectivity index (χ2v) is 8.61. The zero-order valence-electron chi connectivity index (χ0n) is 17.2. The van der Waals surface area contributed by atoms with Crippen LogP contribution in [0.3, 0.4) is 0 Å². The fourth-order valence-electron chi connectivity index (χ4n) is 3.68. The number of methoxy groups -OCH3 is 1. The van der Waals surface area contributed by atoms with E-state index >= 15 is 0 Å². The molecule has 0 radical (unpaired) electrons. The zero-order valence-corrected chi connectivity index (χ0v) is 18.0. The lowest BCUT2D eigenvalue weighted by molar-refractivity contribution is -0.906. The number of carbonyl (C=O) groups is 1. The molecule has 1 unspecified atom stereocenters. The smallest absolute Gasteiger partial charge is 0.278 e. The van der Waals surface area contributed by atoms with Gasteiger partial charge in [0.25, 0.3) is 5.91 Å². The Hall–Kier alpha value is -2.05. The summed E-state index contributed by atoms with van der Waals surface area (Å²) >= 11 is 1.75. The Labute approximate surface area is 177 Å². The first-order valence-corrected chi connectivity index (χ1v) is 11.3. The molecule has 3 rings (SSSR count). The van der Waals surface area contributed by atoms with Gasteiger partial charge in [0.2, 0.25) is 0 Å². The molecule has 4 nitrogen and oxygen atoms in total. The van der Waals surface area contributed by atoms with E-state index in [4.69, 9.17) is 4.74 Å². The first-order chi connectivity index (χ1) is 14.1. The van der Waals surface area contributed by atoms with Crippen LogP contribution >= 0.6 is 11.8 Å². The number of nitrogens with one attached hydrogen (secondary N) is 1. The van der Waals surface area contributed by atoms with Crippen LogP contribution in [0, 0.1) is 5.82 Å². The standard InChI is InChI=1S/C23H29FN2O2S/c1-3-4-12-25(16-18-6-5-7-21(15-18)28-2)17-22(27)26-13-14-29-23(26)19-8-10-20(24)11-9-19/h5-11,15,23H,3-4,12-14,16-17H2,1-2H3/p+1/t23-/m0/s1. The SMILES string of the molecule is CCCC[NH+](CC(=O)N1CCS[C@H]1c1ccc(F)cc1)Cc1cccc(OC)c1. The molecular weight excluding hydrogens is 387 g/mol. The normalized spacial score (nSPS) is 17.3. The van der Waals surface area contributed by atoms with Crippen molar-refractivity contribution in [3.8, 4) is 5.75 Å². The summed E-state index contributed by atoms with van der Waals surface area (Å²) in [5, 5.41) is -0.0210. The molecule has 6 heteroatoms. The largest absolute Gasteiger partial charge is 0.497 e. The molecule has 0 aliphatic carbocycles. The second-order valence-electron chi connectivity index (χ2n) is 7.42. The molecule has 1 aliphatic heterocycles. The van der Waals surface area contributed by atoms with Gasteiger partial charge in [-0.3, -0.25) is 4.79 Å². The molecule has 1 N–H and O–H groups in total. The van der Waals surface area contributed by atoms with Gasteiger partial charge in [0.15, 0.2) is 6.54 Å². The van der Waals surface area contributed by atoms with Crippen molar-refractivity contribution in [1.29, 1.82) is 0 Å². The van der Waals surface area contributed by atoms with E-state index < -0.39 is 0 Å². The minimum absolute atomic E-state index is 0.0210. The van der Waals surface area contributed by atoms with Crippen molar-refractivity contribution in [2.24, 2.45) is 0 Å². The highest BCUT2D eigenvalue weighted by molar-refractivity contribution is 7.99. The number of unbranched alkanes of at least 4 members (excludes halogenated alkanes) is 1. The maximum absolute atomic E-state index is 13.3. The average Bonchev–Trinajstić information content (AvgIpc) is 3.22. The van der Waals surface area contributed by atoms with Crippen molar-refractivity contribution < 1.29 is 18.8 Å². The van der Waals surface area contributed by atoms with E-state index in [0.29, 0.717) is 6.54 Å². The van der Waals surface area contributed by atoms with Gasteiger partial charge in [0.1, 0.15) is 23.5 Å². The van der Waals surface area contributed by atoms with Crippen molar-refractivity contribution in [2.45, 2.75) is 31.7 Å². The lowest BCUT2D eigenvalue weighted by Crippen LogP contribution is -3.12. The molecular formula is C23H30FN2O2S+. The molecule has 0 bridgehead atoms. The average molecular weight is 418 g/mol. The van der Waals surface area contributed by atoms with Gasteiger partial charge in [-0.1, -0.05) is 37.6 Å². The van der Waals surface area contributed by atoms with Gasteiger partial charge in [0.05, 0.1) is 13.7 Å². The van der Waals surface area contributed by atoms with Crippen LogP contribution in [0.5, 0.6) is 5.75 Å². The summed E-state index contributed by atoms with van der Waals surface area (Å²) < 4.78 is 18.6. The van der Waals surface area contributed by atoms with Crippen LogP contribution in [0.1, 0.15) is 36.3 Å². The maximum Gasteiger partial charge on any atom is 0.278 e. The molecule has 0 aromatic heterocycles. The molecule has 0 saturated carbocycles. The number of benzene rings is 2. The fourth-order valence-corrected chi connectivity index (χ4v) is 4.96. The third-order valence-electron chi connectivity index (χ3n) is 5.24. The number of carbonyl (C=O) groups excluding carboxylic acids is 1. The van der Waals surface area contributed by atoms with E-state index in [1.165, 1.54) is 22.6 Å². The van der Waals surface area contributed by atoms with Gasteiger partial charge >= 0.3 is 0 Å². The number of ether oxygens (including phenoxy) is 1. The van der Waals surface area contributed by atoms with Crippen molar-refractivity contribution in [3.63, 3.8) is 0 Å². The van der Waals surface area contributed by atoms with Crippen LogP contribution in [-0.4, -0.2) is 43.3 Å². The Morgan fingerprint density at radius 3 is 2.79 bits per heavy atom. The lowest BCUT2D eigenvalue weighted by atomic mass is 10.1. The van der Waals surface area contributed by atoms with Crippen molar-refractivity contribution in [2.75, 3.05) is 32.5 Å². The number of halogens is 1. The fraction of sp³-hybridized carbons (Fsp3) is 0.435. The molecule has 1 saturated heterocycles. The van der Waals surface area contributed by atoms with Crippen molar-refractivity contribution in [3.05, 3.63) is 65.5 Å². The molecule has 2 aromatic carbocycles. The predicted octanol–water partition coefficient (Wildman–Crippen LogP) is 3.29. The summed E-state index contributed by atoms with van der Waals surface area (Å²) in [5.41, 5.74) is 2.17. The Kier molecular flexibility index (Phi) is 7.95. The molecule has 156 valence electrons. The third kappa shape index (κ3) is 5.97. The molecule has 1 fully saturated rings. The predicted molar refractivity (Wildman–Crippen MR) is 116 cm³/mol. The quantitative estimate of drug-likeness (QED) is 0.680. The van der Waals surface area contributed by atoms with Crippen LogP contribution in [0.4, 0.5) is 4.39 Å². The maximum atomic E-state index is 13.3. The molecule has 0 spiro atoms. The Bertz CT molecular complexity index is 800. The van der Waals surface area contributed by atoms with Crippen LogP contribution in [0.25, 0.3) is 0 Å². The van der Waals surface area contributed by atoms with Crippen molar-refractivity contribution >= 4 is 17.7 Å². The van der Waals surface area contributed by atoms with Crippen LogP contribution in [0.2, 0.25) is 0 Å². The van der Waals surface area contributed by atoms with E-state index in [2.05, 4.69) is 13.0 Å². The monoisotopic (exact) mass is 417 g/mol. The Morgan fingerprint density at radius 1 is 1.28 bits per heavy atom. The Morgan fingerprint density at radius 2 is 2.07 bits per heavy atom. The summed E-state index contributed by atoms with van der Waals surface area (Å²) in [6, 6.07) is 14.6. The van der Waals surface area contributed by atoms with Gasteiger partial charge < -0.3 is 14.5 Å². The van der Waals surface area contributed by atoms with E-state index in [1.807, 2.05) is 23.1 Å². The van der Waals surface area contributed by atoms with Gasteiger partial charge in [-0.25, -0.2) is 4.39 Å². The summed E-state index contributed by atoms with van der Waals surface area (Å²) in [7, 11) is 1.67. The van der Waals surface area contributed by atoms with E-state index in [-0.39, 0.29) is 17.1 Å². The highest BCUT2D eigenvalue weighted by Gasteiger charge is 2.32. The zero-order chi connectivity index (χ0) is 20.6. The topological polar surface area (TPSA) is 34.0 Å². The number of hydrogen-bond acceptors (Lipinski definition) is 3. The van der Waals surface area contributed by atoms with Crippen LogP contribution < -0.4 is 9.64 Å². The van der Waals surface area contributed by atoms with Crippen LogP contribution in [0.15, 0.2) is 48.5 Å². The van der Waals surface area contributed by atoms with Gasteiger partial charge in [-0.15, -0.1) is 11.8 Å². The first kappa shape index (κ1) is 21.7. The summed E-state index contributed by atoms with van der Waals surface area (Å²) in [4.78, 5) is 16.4. The molecule has 1 aliphatic rings. The molecule has 1 amide bonds. The molecule has 2 atom stereocenters. The first-order valence-electron chi connectivity index (χ1n) is 10.2. The number of rotatable bonds is 9. The van der Waals surface area contributed by atoms with E-state index in [9.17, 15) is 9.18 Å². The minimum Gasteiger partial charge on any atom is -0.497 e. The van der Waals surface area contributed by atoms with E-state index in [1.54, 1.807) is 31.0 Å². The lowest BCUT2D eigenvalue weighted by Gasteiger charge is -2.27. The summed E-state index contributed by atoms with van der Waals surface area (Å²) in [5.74, 6) is 1.67. The van der Waals surface area contributed by atoms with Gasteiger partial charge in [-0.2, -0.15) is 0 Å². The number of nitrogens with zero attached hydrogens (tertiary/aromatic N) is 1. The third-order valence-corrected chi connectivity index (χ3v) is 6.50. The minimum atomic E-state index is -0.247. The highest BCUT2D eigenvalue weighted by atomic mass is 32.2. The molecule has 29 heavy (non-hydrogen) atoms. The van der Waals surface area contributed by atoms with Crippen LogP contribution in [-0.2, 0) is 11.3 Å². The van der Waals surface area contributed by atoms with Gasteiger partial charge in [-0.05, 0) is 36.2 Å². The second kappa shape index (κ2) is 10.6. The highest BCUT2D eigenvalue weighted by Crippen LogP contribution is 2.37. The van der Waals surface area contributed by atoms with Crippen molar-refractivity contribution in [1.82, 2.24) is 4.90 Å². The number of amides is 1. The number of quaternary nitrogens is 1. The summed E-state index contributed by atoms with van der Waals surface area (Å²) in [6.07, 6.45) is 2.19. The molecule has 2 aromatic rings. The number of hydrogen-bond donors (Lipinski definition) is 1. The number of thioether (sulfide) groups is 1.